The molecule has 114 valence electrons. The smallest absolute Gasteiger partial charge is 0.147 e. The van der Waals surface area contributed by atoms with E-state index in [9.17, 15) is 8.42 Å². The Morgan fingerprint density at radius 3 is 2.47 bits per heavy atom. The van der Waals surface area contributed by atoms with Gasteiger partial charge in [0, 0.05) is 12.0 Å². The van der Waals surface area contributed by atoms with Crippen LogP contribution in [0.5, 0.6) is 0 Å². The van der Waals surface area contributed by atoms with Crippen molar-refractivity contribution in [1.82, 2.24) is 5.32 Å². The van der Waals surface area contributed by atoms with Gasteiger partial charge in [-0.15, -0.1) is 0 Å². The van der Waals surface area contributed by atoms with Crippen LogP contribution in [-0.2, 0) is 9.84 Å². The first-order valence-electron chi connectivity index (χ1n) is 7.78. The predicted octanol–water partition coefficient (Wildman–Crippen LogP) is 2.86. The monoisotopic (exact) mass is 289 g/mol. The molecule has 1 rings (SSSR count). The standard InChI is InChI=1S/C15H31NO2S/c1-4-6-13-8-9-15(12-16-2)14(11-13)7-5-10-19(3,17)18/h13-16H,4-12H2,1-3H3. The van der Waals surface area contributed by atoms with E-state index in [0.717, 1.165) is 37.1 Å². The molecular weight excluding hydrogens is 258 g/mol. The lowest BCUT2D eigenvalue weighted by molar-refractivity contribution is 0.161. The van der Waals surface area contributed by atoms with Crippen LogP contribution in [0.1, 0.15) is 51.9 Å². The Labute approximate surface area is 119 Å². The van der Waals surface area contributed by atoms with E-state index in [-0.39, 0.29) is 0 Å². The Balaban J connectivity index is 2.46. The molecule has 0 aromatic rings. The van der Waals surface area contributed by atoms with Gasteiger partial charge in [0.25, 0.3) is 0 Å². The van der Waals surface area contributed by atoms with Crippen molar-refractivity contribution in [3.63, 3.8) is 0 Å². The zero-order valence-corrected chi connectivity index (χ0v) is 13.6. The molecule has 0 radical (unpaired) electrons. The topological polar surface area (TPSA) is 46.2 Å². The summed E-state index contributed by atoms with van der Waals surface area (Å²) >= 11 is 0. The number of hydrogen-bond donors (Lipinski definition) is 1. The number of nitrogens with one attached hydrogen (secondary N) is 1. The first kappa shape index (κ1) is 17.0. The third-order valence-electron chi connectivity index (χ3n) is 4.50. The molecule has 1 saturated carbocycles. The lowest BCUT2D eigenvalue weighted by Gasteiger charge is -2.36. The molecule has 0 aliphatic heterocycles. The summed E-state index contributed by atoms with van der Waals surface area (Å²) in [4.78, 5) is 0. The molecule has 1 aliphatic rings. The summed E-state index contributed by atoms with van der Waals surface area (Å²) < 4.78 is 22.5. The van der Waals surface area contributed by atoms with Gasteiger partial charge in [-0.05, 0) is 57.0 Å². The fourth-order valence-corrected chi connectivity index (χ4v) is 4.28. The molecule has 0 aromatic carbocycles. The van der Waals surface area contributed by atoms with E-state index in [4.69, 9.17) is 0 Å². The van der Waals surface area contributed by atoms with Crippen LogP contribution < -0.4 is 5.32 Å². The van der Waals surface area contributed by atoms with Crippen LogP contribution >= 0.6 is 0 Å². The van der Waals surface area contributed by atoms with E-state index < -0.39 is 9.84 Å². The summed E-state index contributed by atoms with van der Waals surface area (Å²) in [6, 6.07) is 0. The molecule has 3 unspecified atom stereocenters. The average Bonchev–Trinajstić information content (AvgIpc) is 2.31. The quantitative estimate of drug-likeness (QED) is 0.747. The third-order valence-corrected chi connectivity index (χ3v) is 5.53. The van der Waals surface area contributed by atoms with E-state index in [1.165, 1.54) is 38.4 Å². The van der Waals surface area contributed by atoms with Crippen molar-refractivity contribution >= 4 is 9.84 Å². The largest absolute Gasteiger partial charge is 0.319 e. The van der Waals surface area contributed by atoms with Crippen molar-refractivity contribution in [2.45, 2.75) is 51.9 Å². The SMILES string of the molecule is CCCC1CCC(CNC)C(CCCS(C)(=O)=O)C1. The summed E-state index contributed by atoms with van der Waals surface area (Å²) in [5, 5.41) is 3.30. The number of sulfone groups is 1. The van der Waals surface area contributed by atoms with Crippen LogP contribution in [0.3, 0.4) is 0 Å². The first-order valence-corrected chi connectivity index (χ1v) is 9.84. The second-order valence-electron chi connectivity index (χ2n) is 6.32. The zero-order chi connectivity index (χ0) is 14.3. The molecule has 0 saturated heterocycles. The Kier molecular flexibility index (Phi) is 7.37. The van der Waals surface area contributed by atoms with Gasteiger partial charge in [0.2, 0.25) is 0 Å². The highest BCUT2D eigenvalue weighted by atomic mass is 32.2. The molecule has 1 N–H and O–H groups in total. The minimum absolute atomic E-state index is 0.355. The average molecular weight is 289 g/mol. The predicted molar refractivity (Wildman–Crippen MR) is 82.1 cm³/mol. The van der Waals surface area contributed by atoms with Gasteiger partial charge < -0.3 is 5.32 Å². The molecule has 0 aromatic heterocycles. The molecule has 0 spiro atoms. The third kappa shape index (κ3) is 6.75. The van der Waals surface area contributed by atoms with Crippen molar-refractivity contribution in [2.75, 3.05) is 25.6 Å². The van der Waals surface area contributed by atoms with Crippen LogP contribution in [0, 0.1) is 17.8 Å². The van der Waals surface area contributed by atoms with E-state index in [2.05, 4.69) is 12.2 Å². The first-order chi connectivity index (χ1) is 8.96. The van der Waals surface area contributed by atoms with Gasteiger partial charge in [-0.2, -0.15) is 0 Å². The molecule has 3 atom stereocenters. The minimum Gasteiger partial charge on any atom is -0.319 e. The summed E-state index contributed by atoms with van der Waals surface area (Å²) in [6.45, 7) is 3.35. The van der Waals surface area contributed by atoms with Crippen LogP contribution in [0.4, 0.5) is 0 Å². The summed E-state index contributed by atoms with van der Waals surface area (Å²) in [6.07, 6.45) is 9.87. The van der Waals surface area contributed by atoms with Gasteiger partial charge in [-0.25, -0.2) is 8.42 Å². The van der Waals surface area contributed by atoms with E-state index in [0.29, 0.717) is 5.75 Å². The molecule has 0 bridgehead atoms. The molecule has 19 heavy (non-hydrogen) atoms. The van der Waals surface area contributed by atoms with Gasteiger partial charge in [-0.1, -0.05) is 26.2 Å². The summed E-state index contributed by atoms with van der Waals surface area (Å²) in [5.74, 6) is 2.70. The summed E-state index contributed by atoms with van der Waals surface area (Å²) in [5.41, 5.74) is 0. The van der Waals surface area contributed by atoms with Gasteiger partial charge in [0.05, 0.1) is 0 Å². The van der Waals surface area contributed by atoms with Crippen LogP contribution in [0.2, 0.25) is 0 Å². The lowest BCUT2D eigenvalue weighted by atomic mass is 9.71. The second-order valence-corrected chi connectivity index (χ2v) is 8.58. The van der Waals surface area contributed by atoms with Crippen molar-refractivity contribution in [1.29, 1.82) is 0 Å². The molecule has 1 fully saturated rings. The Hall–Kier alpha value is -0.0900. The maximum absolute atomic E-state index is 11.2. The molecular formula is C15H31NO2S. The maximum atomic E-state index is 11.2. The van der Waals surface area contributed by atoms with E-state index in [1.54, 1.807) is 0 Å². The maximum Gasteiger partial charge on any atom is 0.147 e. The Bertz CT molecular complexity index is 340. The van der Waals surface area contributed by atoms with Crippen molar-refractivity contribution in [3.05, 3.63) is 0 Å². The van der Waals surface area contributed by atoms with Gasteiger partial charge >= 0.3 is 0 Å². The van der Waals surface area contributed by atoms with E-state index in [1.807, 2.05) is 7.05 Å². The van der Waals surface area contributed by atoms with Gasteiger partial charge in [0.15, 0.2) is 0 Å². The van der Waals surface area contributed by atoms with Crippen LogP contribution in [-0.4, -0.2) is 34.0 Å². The Morgan fingerprint density at radius 1 is 1.16 bits per heavy atom. The normalized spacial score (nSPS) is 28.5. The molecule has 0 amide bonds. The Morgan fingerprint density at radius 2 is 1.89 bits per heavy atom. The number of rotatable bonds is 8. The van der Waals surface area contributed by atoms with E-state index >= 15 is 0 Å². The number of hydrogen-bond acceptors (Lipinski definition) is 3. The molecule has 4 heteroatoms. The fraction of sp³-hybridized carbons (Fsp3) is 1.00. The molecule has 1 aliphatic carbocycles. The van der Waals surface area contributed by atoms with Crippen molar-refractivity contribution < 1.29 is 8.42 Å². The zero-order valence-electron chi connectivity index (χ0n) is 12.8. The van der Waals surface area contributed by atoms with Gasteiger partial charge in [-0.3, -0.25) is 0 Å². The van der Waals surface area contributed by atoms with Crippen LogP contribution in [0.25, 0.3) is 0 Å². The van der Waals surface area contributed by atoms with Crippen LogP contribution in [0.15, 0.2) is 0 Å². The van der Waals surface area contributed by atoms with Crippen molar-refractivity contribution in [3.8, 4) is 0 Å². The highest BCUT2D eigenvalue weighted by Crippen LogP contribution is 2.38. The molecule has 3 nitrogen and oxygen atoms in total. The lowest BCUT2D eigenvalue weighted by Crippen LogP contribution is -2.32. The highest BCUT2D eigenvalue weighted by Gasteiger charge is 2.29. The summed E-state index contributed by atoms with van der Waals surface area (Å²) in [7, 11) is -0.775. The fourth-order valence-electron chi connectivity index (χ4n) is 3.59. The molecule has 0 heterocycles. The van der Waals surface area contributed by atoms with Crippen molar-refractivity contribution in [2.24, 2.45) is 17.8 Å². The second kappa shape index (κ2) is 8.25. The minimum atomic E-state index is -2.79. The van der Waals surface area contributed by atoms with Gasteiger partial charge in [0.1, 0.15) is 9.84 Å². The highest BCUT2D eigenvalue weighted by molar-refractivity contribution is 7.90.